The van der Waals surface area contributed by atoms with E-state index in [1.807, 2.05) is 68.1 Å². The first kappa shape index (κ1) is 16.7. The zero-order valence-electron chi connectivity index (χ0n) is 14.1. The number of carbonyl (C=O) groups excluding carboxylic acids is 1. The minimum absolute atomic E-state index is 0.0724. The highest BCUT2D eigenvalue weighted by molar-refractivity contribution is 6.07. The topological polar surface area (TPSA) is 46.9 Å². The SMILES string of the molecule is CC.Cc1ccc(C(=O)NCc2ccccn2)c2ccn(C)c12. The number of nitrogens with one attached hydrogen (secondary N) is 1. The van der Waals surface area contributed by atoms with Crippen molar-refractivity contribution in [2.24, 2.45) is 7.05 Å². The molecule has 0 saturated carbocycles. The van der Waals surface area contributed by atoms with Crippen molar-refractivity contribution in [2.75, 3.05) is 0 Å². The molecule has 1 N–H and O–H groups in total. The molecule has 4 heteroatoms. The smallest absolute Gasteiger partial charge is 0.252 e. The second-order valence-corrected chi connectivity index (χ2v) is 5.12. The van der Waals surface area contributed by atoms with Crippen LogP contribution in [0.4, 0.5) is 0 Å². The van der Waals surface area contributed by atoms with E-state index in [-0.39, 0.29) is 5.91 Å². The van der Waals surface area contributed by atoms with E-state index in [9.17, 15) is 4.79 Å². The maximum Gasteiger partial charge on any atom is 0.252 e. The molecule has 0 aliphatic carbocycles. The lowest BCUT2D eigenvalue weighted by molar-refractivity contribution is 0.0952. The van der Waals surface area contributed by atoms with Crippen LogP contribution in [0.1, 0.15) is 35.5 Å². The zero-order valence-corrected chi connectivity index (χ0v) is 14.1. The summed E-state index contributed by atoms with van der Waals surface area (Å²) in [5, 5.41) is 3.91. The molecule has 2 aromatic heterocycles. The minimum atomic E-state index is -0.0724. The molecule has 1 amide bonds. The Bertz CT molecular complexity index is 791. The Morgan fingerprint density at radius 3 is 2.65 bits per heavy atom. The summed E-state index contributed by atoms with van der Waals surface area (Å²) in [6.07, 6.45) is 3.70. The molecule has 0 bridgehead atoms. The van der Waals surface area contributed by atoms with Crippen LogP contribution in [0.3, 0.4) is 0 Å². The average molecular weight is 309 g/mol. The predicted molar refractivity (Wildman–Crippen MR) is 94.4 cm³/mol. The van der Waals surface area contributed by atoms with Crippen LogP contribution in [0.5, 0.6) is 0 Å². The van der Waals surface area contributed by atoms with Gasteiger partial charge in [-0.25, -0.2) is 0 Å². The van der Waals surface area contributed by atoms with Crippen LogP contribution < -0.4 is 5.32 Å². The lowest BCUT2D eigenvalue weighted by atomic mass is 10.1. The van der Waals surface area contributed by atoms with E-state index in [0.717, 1.165) is 16.6 Å². The number of hydrogen-bond donors (Lipinski definition) is 1. The van der Waals surface area contributed by atoms with Crippen molar-refractivity contribution in [1.29, 1.82) is 0 Å². The van der Waals surface area contributed by atoms with E-state index in [4.69, 9.17) is 0 Å². The highest BCUT2D eigenvalue weighted by Gasteiger charge is 2.13. The molecule has 1 aromatic carbocycles. The molecular weight excluding hydrogens is 286 g/mol. The molecule has 120 valence electrons. The molecule has 0 radical (unpaired) electrons. The summed E-state index contributed by atoms with van der Waals surface area (Å²) in [7, 11) is 1.99. The van der Waals surface area contributed by atoms with Crippen LogP contribution in [0.15, 0.2) is 48.8 Å². The lowest BCUT2D eigenvalue weighted by Gasteiger charge is -2.08. The van der Waals surface area contributed by atoms with Gasteiger partial charge in [0, 0.05) is 30.4 Å². The average Bonchev–Trinajstić information content (AvgIpc) is 2.99. The Kier molecular flexibility index (Phi) is 5.52. The lowest BCUT2D eigenvalue weighted by Crippen LogP contribution is -2.23. The molecule has 4 nitrogen and oxygen atoms in total. The molecule has 0 atom stereocenters. The van der Waals surface area contributed by atoms with Gasteiger partial charge in [0.05, 0.1) is 17.8 Å². The predicted octanol–water partition coefficient (Wildman–Crippen LogP) is 3.84. The van der Waals surface area contributed by atoms with Gasteiger partial charge in [-0.1, -0.05) is 26.0 Å². The first-order valence-corrected chi connectivity index (χ1v) is 7.89. The number of hydrogen-bond acceptors (Lipinski definition) is 2. The number of aromatic nitrogens is 2. The van der Waals surface area contributed by atoms with Gasteiger partial charge >= 0.3 is 0 Å². The highest BCUT2D eigenvalue weighted by atomic mass is 16.1. The van der Waals surface area contributed by atoms with Gasteiger partial charge in [-0.2, -0.15) is 0 Å². The van der Waals surface area contributed by atoms with Crippen molar-refractivity contribution in [1.82, 2.24) is 14.9 Å². The summed E-state index contributed by atoms with van der Waals surface area (Å²) < 4.78 is 2.04. The molecule has 2 heterocycles. The van der Waals surface area contributed by atoms with Crippen molar-refractivity contribution in [2.45, 2.75) is 27.3 Å². The number of benzene rings is 1. The van der Waals surface area contributed by atoms with Gasteiger partial charge in [-0.3, -0.25) is 9.78 Å². The van der Waals surface area contributed by atoms with E-state index < -0.39 is 0 Å². The standard InChI is InChI=1S/C17H17N3O.C2H6/c1-12-6-7-15(14-8-10-20(2)16(12)14)17(21)19-11-13-5-3-4-9-18-13;1-2/h3-10H,11H2,1-2H3,(H,19,21);1-2H3. The molecule has 0 fully saturated rings. The van der Waals surface area contributed by atoms with Crippen LogP contribution in [-0.4, -0.2) is 15.5 Å². The van der Waals surface area contributed by atoms with Crippen molar-refractivity contribution in [3.63, 3.8) is 0 Å². The quantitative estimate of drug-likeness (QED) is 0.799. The fraction of sp³-hybridized carbons (Fsp3) is 0.263. The number of nitrogens with zero attached hydrogens (tertiary/aromatic N) is 2. The number of rotatable bonds is 3. The third-order valence-electron chi connectivity index (χ3n) is 3.64. The Hall–Kier alpha value is -2.62. The zero-order chi connectivity index (χ0) is 16.8. The molecule has 0 unspecified atom stereocenters. The van der Waals surface area contributed by atoms with Crippen LogP contribution in [0, 0.1) is 6.92 Å². The maximum absolute atomic E-state index is 12.4. The van der Waals surface area contributed by atoms with Crippen molar-refractivity contribution in [3.05, 3.63) is 65.6 Å². The Labute approximate surface area is 137 Å². The molecule has 23 heavy (non-hydrogen) atoms. The Morgan fingerprint density at radius 2 is 1.96 bits per heavy atom. The van der Waals surface area contributed by atoms with E-state index in [1.165, 1.54) is 5.56 Å². The molecule has 0 spiro atoms. The minimum Gasteiger partial charge on any atom is -0.350 e. The molecule has 0 aliphatic heterocycles. The summed E-state index contributed by atoms with van der Waals surface area (Å²) in [5.74, 6) is -0.0724. The first-order chi connectivity index (χ1) is 11.2. The molecule has 3 rings (SSSR count). The van der Waals surface area contributed by atoms with Gasteiger partial charge < -0.3 is 9.88 Å². The van der Waals surface area contributed by atoms with Crippen molar-refractivity contribution >= 4 is 16.8 Å². The number of pyridine rings is 1. The van der Waals surface area contributed by atoms with Crippen molar-refractivity contribution in [3.8, 4) is 0 Å². The summed E-state index contributed by atoms with van der Waals surface area (Å²) in [5.41, 5.74) is 3.81. The fourth-order valence-corrected chi connectivity index (χ4v) is 2.58. The van der Waals surface area contributed by atoms with E-state index in [0.29, 0.717) is 12.1 Å². The van der Waals surface area contributed by atoms with Gasteiger partial charge in [0.1, 0.15) is 0 Å². The number of aryl methyl sites for hydroxylation is 2. The monoisotopic (exact) mass is 309 g/mol. The molecular formula is C19H23N3O. The van der Waals surface area contributed by atoms with Crippen LogP contribution in [0.2, 0.25) is 0 Å². The molecule has 0 aliphatic rings. The highest BCUT2D eigenvalue weighted by Crippen LogP contribution is 2.23. The van der Waals surface area contributed by atoms with Gasteiger partial charge in [0.15, 0.2) is 0 Å². The van der Waals surface area contributed by atoms with Gasteiger partial charge in [-0.05, 0) is 36.8 Å². The first-order valence-electron chi connectivity index (χ1n) is 7.89. The third-order valence-corrected chi connectivity index (χ3v) is 3.64. The molecule has 0 saturated heterocycles. The normalized spacial score (nSPS) is 10.1. The van der Waals surface area contributed by atoms with Gasteiger partial charge in [0.2, 0.25) is 0 Å². The third kappa shape index (κ3) is 3.59. The second-order valence-electron chi connectivity index (χ2n) is 5.12. The number of amides is 1. The maximum atomic E-state index is 12.4. The Balaban J connectivity index is 0.000000924. The summed E-state index contributed by atoms with van der Waals surface area (Å²) in [4.78, 5) is 16.6. The number of fused-ring (bicyclic) bond motifs is 1. The summed E-state index contributed by atoms with van der Waals surface area (Å²) in [6.45, 7) is 6.49. The number of carbonyl (C=O) groups is 1. The van der Waals surface area contributed by atoms with Crippen LogP contribution in [0.25, 0.3) is 10.9 Å². The summed E-state index contributed by atoms with van der Waals surface area (Å²) in [6, 6.07) is 11.5. The second kappa shape index (κ2) is 7.58. The summed E-state index contributed by atoms with van der Waals surface area (Å²) >= 11 is 0. The van der Waals surface area contributed by atoms with E-state index in [1.54, 1.807) is 6.20 Å². The van der Waals surface area contributed by atoms with E-state index >= 15 is 0 Å². The van der Waals surface area contributed by atoms with E-state index in [2.05, 4.69) is 17.2 Å². The van der Waals surface area contributed by atoms with Crippen LogP contribution in [-0.2, 0) is 13.6 Å². The van der Waals surface area contributed by atoms with Crippen molar-refractivity contribution < 1.29 is 4.79 Å². The largest absolute Gasteiger partial charge is 0.350 e. The Morgan fingerprint density at radius 1 is 1.17 bits per heavy atom. The van der Waals surface area contributed by atoms with Gasteiger partial charge in [-0.15, -0.1) is 0 Å². The van der Waals surface area contributed by atoms with Gasteiger partial charge in [0.25, 0.3) is 5.91 Å². The van der Waals surface area contributed by atoms with Crippen LogP contribution >= 0.6 is 0 Å². The fourth-order valence-electron chi connectivity index (χ4n) is 2.58. The molecule has 3 aromatic rings.